The lowest BCUT2D eigenvalue weighted by atomic mass is 10.0. The normalized spacial score (nSPS) is 12.7. The van der Waals surface area contributed by atoms with Gasteiger partial charge in [-0.1, -0.05) is 25.4 Å². The number of nitrogens with zero attached hydrogens (tertiary/aromatic N) is 2. The second-order valence-electron chi connectivity index (χ2n) is 7.04. The van der Waals surface area contributed by atoms with Gasteiger partial charge in [-0.15, -0.1) is 0 Å². The fourth-order valence-electron chi connectivity index (χ4n) is 2.63. The molecule has 0 spiro atoms. The van der Waals surface area contributed by atoms with Crippen molar-refractivity contribution in [1.29, 1.82) is 0 Å². The molecule has 0 saturated heterocycles. The SMILES string of the molecule is CC(C)[C@@H](Nc1ccc(C(F)(F)F)cc1Cl)C(=O)OCc1cc(=O)n(C)c(=O)n1C. The number of halogens is 4. The van der Waals surface area contributed by atoms with Crippen molar-refractivity contribution in [3.63, 3.8) is 0 Å². The number of aromatic nitrogens is 2. The van der Waals surface area contributed by atoms with Gasteiger partial charge in [-0.3, -0.25) is 13.9 Å². The van der Waals surface area contributed by atoms with E-state index in [1.54, 1.807) is 13.8 Å². The molecule has 30 heavy (non-hydrogen) atoms. The van der Waals surface area contributed by atoms with Gasteiger partial charge in [0.25, 0.3) is 5.56 Å². The summed E-state index contributed by atoms with van der Waals surface area (Å²) in [5.41, 5.74) is -1.68. The quantitative estimate of drug-likeness (QED) is 0.688. The first-order chi connectivity index (χ1) is 13.8. The van der Waals surface area contributed by atoms with E-state index in [9.17, 15) is 27.6 Å². The molecule has 0 unspecified atom stereocenters. The predicted molar refractivity (Wildman–Crippen MR) is 105 cm³/mol. The first-order valence-corrected chi connectivity index (χ1v) is 9.26. The Bertz CT molecular complexity index is 1060. The average molecular weight is 448 g/mol. The molecule has 2 rings (SSSR count). The minimum atomic E-state index is -4.54. The topological polar surface area (TPSA) is 82.3 Å². The van der Waals surface area contributed by atoms with Crippen molar-refractivity contribution in [2.45, 2.75) is 32.7 Å². The number of alkyl halides is 3. The van der Waals surface area contributed by atoms with Gasteiger partial charge < -0.3 is 10.1 Å². The zero-order valence-corrected chi connectivity index (χ0v) is 17.5. The molecule has 0 bridgehead atoms. The standard InChI is InChI=1S/C19H21ClF3N3O4/c1-10(2)16(24-14-6-5-11(7-13(14)20)19(21,22)23)17(28)30-9-12-8-15(27)26(4)18(29)25(12)3/h5-8,10,16,24H,9H2,1-4H3/t16-/m1/s1. The van der Waals surface area contributed by atoms with Crippen molar-refractivity contribution in [2.24, 2.45) is 20.0 Å². The molecule has 0 aliphatic carbocycles. The zero-order chi connectivity index (χ0) is 22.8. The maximum atomic E-state index is 12.8. The van der Waals surface area contributed by atoms with Crippen LogP contribution >= 0.6 is 11.6 Å². The zero-order valence-electron chi connectivity index (χ0n) is 16.7. The summed E-state index contributed by atoms with van der Waals surface area (Å²) in [4.78, 5) is 36.3. The molecule has 2 aromatic rings. The minimum Gasteiger partial charge on any atom is -0.458 e. The van der Waals surface area contributed by atoms with Crippen molar-refractivity contribution in [3.05, 3.63) is 61.4 Å². The molecule has 1 aromatic carbocycles. The third kappa shape index (κ3) is 5.24. The highest BCUT2D eigenvalue weighted by atomic mass is 35.5. The van der Waals surface area contributed by atoms with Crippen molar-refractivity contribution >= 4 is 23.3 Å². The molecule has 7 nitrogen and oxygen atoms in total. The summed E-state index contributed by atoms with van der Waals surface area (Å²) in [5, 5.41) is 2.60. The first-order valence-electron chi connectivity index (χ1n) is 8.88. The molecule has 1 atom stereocenters. The van der Waals surface area contributed by atoms with Crippen LogP contribution in [0.3, 0.4) is 0 Å². The van der Waals surface area contributed by atoms with Crippen molar-refractivity contribution in [1.82, 2.24) is 9.13 Å². The Labute approximate surface area is 175 Å². The Morgan fingerprint density at radius 2 is 1.80 bits per heavy atom. The third-order valence-corrected chi connectivity index (χ3v) is 4.83. The van der Waals surface area contributed by atoms with E-state index in [0.29, 0.717) is 0 Å². The molecule has 0 aliphatic rings. The minimum absolute atomic E-state index is 0.140. The molecule has 0 amide bonds. The van der Waals surface area contributed by atoms with Crippen LogP contribution in [-0.2, 0) is 36.4 Å². The van der Waals surface area contributed by atoms with Crippen LogP contribution in [-0.4, -0.2) is 21.1 Å². The van der Waals surface area contributed by atoms with Gasteiger partial charge in [0.05, 0.1) is 22.0 Å². The van der Waals surface area contributed by atoms with Crippen molar-refractivity contribution < 1.29 is 22.7 Å². The number of carbonyl (C=O) groups is 1. The van der Waals surface area contributed by atoms with Crippen molar-refractivity contribution in [3.8, 4) is 0 Å². The van der Waals surface area contributed by atoms with Gasteiger partial charge in [-0.05, 0) is 24.1 Å². The first kappa shape index (κ1) is 23.5. The third-order valence-electron chi connectivity index (χ3n) is 4.52. The molecule has 0 saturated carbocycles. The highest BCUT2D eigenvalue weighted by Crippen LogP contribution is 2.34. The second-order valence-corrected chi connectivity index (χ2v) is 7.45. The monoisotopic (exact) mass is 447 g/mol. The van der Waals surface area contributed by atoms with E-state index >= 15 is 0 Å². The van der Waals surface area contributed by atoms with Crippen LogP contribution < -0.4 is 16.6 Å². The maximum Gasteiger partial charge on any atom is 0.416 e. The van der Waals surface area contributed by atoms with E-state index in [4.69, 9.17) is 16.3 Å². The number of ether oxygens (including phenoxy) is 1. The average Bonchev–Trinajstić information content (AvgIpc) is 2.65. The van der Waals surface area contributed by atoms with Crippen LogP contribution in [0.5, 0.6) is 0 Å². The van der Waals surface area contributed by atoms with Crippen LogP contribution in [0, 0.1) is 5.92 Å². The van der Waals surface area contributed by atoms with E-state index in [1.807, 2.05) is 0 Å². The van der Waals surface area contributed by atoms with Gasteiger partial charge in [0, 0.05) is 20.2 Å². The van der Waals surface area contributed by atoms with Gasteiger partial charge in [0.15, 0.2) is 0 Å². The summed E-state index contributed by atoms with van der Waals surface area (Å²) < 4.78 is 45.7. The summed E-state index contributed by atoms with van der Waals surface area (Å²) >= 11 is 5.94. The summed E-state index contributed by atoms with van der Waals surface area (Å²) in [5.74, 6) is -1.02. The number of esters is 1. The number of benzene rings is 1. The largest absolute Gasteiger partial charge is 0.458 e. The van der Waals surface area contributed by atoms with E-state index < -0.39 is 35.0 Å². The fourth-order valence-corrected chi connectivity index (χ4v) is 2.86. The van der Waals surface area contributed by atoms with E-state index in [0.717, 1.165) is 22.8 Å². The van der Waals surface area contributed by atoms with Crippen LogP contribution in [0.4, 0.5) is 18.9 Å². The lowest BCUT2D eigenvalue weighted by Gasteiger charge is -2.23. The number of anilines is 1. The van der Waals surface area contributed by atoms with E-state index in [-0.39, 0.29) is 28.9 Å². The summed E-state index contributed by atoms with van der Waals surface area (Å²) in [7, 11) is 2.76. The van der Waals surface area contributed by atoms with Gasteiger partial charge in [0.1, 0.15) is 12.6 Å². The molecular weight excluding hydrogens is 427 g/mol. The van der Waals surface area contributed by atoms with Crippen LogP contribution in [0.1, 0.15) is 25.1 Å². The van der Waals surface area contributed by atoms with Gasteiger partial charge >= 0.3 is 17.8 Å². The summed E-state index contributed by atoms with van der Waals surface area (Å²) in [6, 6.07) is 3.01. The molecule has 0 radical (unpaired) electrons. The molecule has 1 N–H and O–H groups in total. The highest BCUT2D eigenvalue weighted by Gasteiger charge is 2.31. The highest BCUT2D eigenvalue weighted by molar-refractivity contribution is 6.33. The number of nitrogens with one attached hydrogen (secondary N) is 1. The van der Waals surface area contributed by atoms with Gasteiger partial charge in [0.2, 0.25) is 0 Å². The molecule has 1 heterocycles. The van der Waals surface area contributed by atoms with Gasteiger partial charge in [-0.25, -0.2) is 9.59 Å². The number of rotatable bonds is 6. The second kappa shape index (κ2) is 8.95. The summed E-state index contributed by atoms with van der Waals surface area (Å²) in [6.07, 6.45) is -4.54. The molecule has 11 heteroatoms. The Morgan fingerprint density at radius 3 is 2.33 bits per heavy atom. The molecule has 0 aliphatic heterocycles. The van der Waals surface area contributed by atoms with Crippen LogP contribution in [0.15, 0.2) is 33.9 Å². The van der Waals surface area contributed by atoms with Gasteiger partial charge in [-0.2, -0.15) is 13.2 Å². The molecule has 164 valence electrons. The number of hydrogen-bond donors (Lipinski definition) is 1. The lowest BCUT2D eigenvalue weighted by Crippen LogP contribution is -2.39. The Balaban J connectivity index is 2.19. The maximum absolute atomic E-state index is 12.8. The van der Waals surface area contributed by atoms with E-state index in [1.165, 1.54) is 24.7 Å². The van der Waals surface area contributed by atoms with E-state index in [2.05, 4.69) is 5.32 Å². The summed E-state index contributed by atoms with van der Waals surface area (Å²) in [6.45, 7) is 3.10. The predicted octanol–water partition coefficient (Wildman–Crippen LogP) is 2.94. The molecular formula is C19H21ClF3N3O4. The van der Waals surface area contributed by atoms with Crippen LogP contribution in [0.2, 0.25) is 5.02 Å². The van der Waals surface area contributed by atoms with Crippen LogP contribution in [0.25, 0.3) is 0 Å². The number of carbonyl (C=O) groups excluding carboxylic acids is 1. The molecule has 0 fully saturated rings. The Morgan fingerprint density at radius 1 is 1.17 bits per heavy atom. The number of hydrogen-bond acceptors (Lipinski definition) is 5. The lowest BCUT2D eigenvalue weighted by molar-refractivity contribution is -0.147. The Hall–Kier alpha value is -2.75. The van der Waals surface area contributed by atoms with Crippen molar-refractivity contribution in [2.75, 3.05) is 5.32 Å². The Kier molecular flexibility index (Phi) is 7.02. The fraction of sp³-hybridized carbons (Fsp3) is 0.421. The smallest absolute Gasteiger partial charge is 0.416 e. The molecule has 1 aromatic heterocycles.